The Kier molecular flexibility index (Phi) is 7.35. The van der Waals surface area contributed by atoms with Crippen molar-refractivity contribution in [2.24, 2.45) is 0 Å². The molecule has 0 fully saturated rings. The molecule has 5 rings (SSSR count). The van der Waals surface area contributed by atoms with Crippen LogP contribution >= 0.6 is 0 Å². The van der Waals surface area contributed by atoms with Crippen LogP contribution in [0, 0.1) is 0 Å². The molecule has 5 aromatic rings. The van der Waals surface area contributed by atoms with Crippen LogP contribution in [0.25, 0.3) is 22.2 Å². The first kappa shape index (κ1) is 27.0. The Labute approximate surface area is 224 Å². The molecule has 0 amide bonds. The standard InChI is InChI=1S/C28H20F6N6/c29-27(30,31)21-7-4-12-36-25(21)18-8-10-20-22(13-18)39-24(16-35-14-17-5-2-1-3-6-17)40-26(20)38-19-9-11-23(37-15-19)28(32,33)34/h1-13,15,35H,14,16H2,(H,38,39,40). The van der Waals surface area contributed by atoms with E-state index >= 15 is 0 Å². The number of fused-ring (bicyclic) bond motifs is 1. The van der Waals surface area contributed by atoms with Gasteiger partial charge in [-0.3, -0.25) is 4.98 Å². The van der Waals surface area contributed by atoms with E-state index in [1.165, 1.54) is 30.5 Å². The maximum atomic E-state index is 13.6. The predicted octanol–water partition coefficient (Wildman–Crippen LogP) is 7.16. The molecule has 2 N–H and O–H groups in total. The zero-order valence-corrected chi connectivity index (χ0v) is 20.6. The third-order valence-corrected chi connectivity index (χ3v) is 5.90. The summed E-state index contributed by atoms with van der Waals surface area (Å²) >= 11 is 0. The lowest BCUT2D eigenvalue weighted by molar-refractivity contribution is -0.141. The van der Waals surface area contributed by atoms with Gasteiger partial charge >= 0.3 is 12.4 Å². The summed E-state index contributed by atoms with van der Waals surface area (Å²) in [5.74, 6) is 0.576. The largest absolute Gasteiger partial charge is 0.433 e. The Hall–Kier alpha value is -4.58. The molecule has 0 spiro atoms. The predicted molar refractivity (Wildman–Crippen MR) is 137 cm³/mol. The van der Waals surface area contributed by atoms with Gasteiger partial charge in [0.15, 0.2) is 0 Å². The highest BCUT2D eigenvalue weighted by molar-refractivity contribution is 5.93. The number of pyridine rings is 2. The number of rotatable bonds is 7. The highest BCUT2D eigenvalue weighted by Gasteiger charge is 2.34. The van der Waals surface area contributed by atoms with Crippen molar-refractivity contribution in [1.82, 2.24) is 25.3 Å². The van der Waals surface area contributed by atoms with Crippen molar-refractivity contribution in [1.29, 1.82) is 0 Å². The molecule has 0 saturated heterocycles. The van der Waals surface area contributed by atoms with E-state index in [9.17, 15) is 26.3 Å². The van der Waals surface area contributed by atoms with Crippen molar-refractivity contribution in [3.05, 3.63) is 108 Å². The zero-order chi connectivity index (χ0) is 28.3. The molecule has 0 unspecified atom stereocenters. The van der Waals surface area contributed by atoms with Gasteiger partial charge in [0.2, 0.25) is 0 Å². The van der Waals surface area contributed by atoms with E-state index in [1.807, 2.05) is 30.3 Å². The van der Waals surface area contributed by atoms with Crippen LogP contribution in [0.4, 0.5) is 37.8 Å². The monoisotopic (exact) mass is 554 g/mol. The van der Waals surface area contributed by atoms with E-state index in [0.717, 1.165) is 23.9 Å². The second-order valence-corrected chi connectivity index (χ2v) is 8.76. The highest BCUT2D eigenvalue weighted by atomic mass is 19.4. The number of halogens is 6. The first-order valence-electron chi connectivity index (χ1n) is 12.0. The van der Waals surface area contributed by atoms with Crippen LogP contribution in [-0.4, -0.2) is 19.9 Å². The minimum atomic E-state index is -4.61. The molecule has 0 bridgehead atoms. The average molecular weight is 554 g/mol. The van der Waals surface area contributed by atoms with E-state index in [2.05, 4.69) is 30.6 Å². The van der Waals surface area contributed by atoms with Gasteiger partial charge in [-0.2, -0.15) is 26.3 Å². The summed E-state index contributed by atoms with van der Waals surface area (Å²) in [5, 5.41) is 6.63. The number of hydrogen-bond donors (Lipinski definition) is 2. The lowest BCUT2D eigenvalue weighted by Gasteiger charge is -2.14. The summed E-state index contributed by atoms with van der Waals surface area (Å²) in [6.07, 6.45) is -6.89. The van der Waals surface area contributed by atoms with Crippen LogP contribution in [0.15, 0.2) is 85.2 Å². The smallest absolute Gasteiger partial charge is 0.338 e. The average Bonchev–Trinajstić information content (AvgIpc) is 2.93. The molecule has 12 heteroatoms. The van der Waals surface area contributed by atoms with E-state index in [0.29, 0.717) is 23.3 Å². The molecule has 0 saturated carbocycles. The van der Waals surface area contributed by atoms with Gasteiger partial charge in [-0.25, -0.2) is 15.0 Å². The summed E-state index contributed by atoms with van der Waals surface area (Å²) in [5.41, 5.74) is -0.395. The fourth-order valence-corrected chi connectivity index (χ4v) is 4.05. The lowest BCUT2D eigenvalue weighted by Crippen LogP contribution is -2.15. The number of aromatic nitrogens is 4. The second-order valence-electron chi connectivity index (χ2n) is 8.76. The molecule has 2 aromatic carbocycles. The summed E-state index contributed by atoms with van der Waals surface area (Å²) < 4.78 is 79.7. The second kappa shape index (κ2) is 10.9. The summed E-state index contributed by atoms with van der Waals surface area (Å²) in [4.78, 5) is 16.5. The Morgan fingerprint density at radius 3 is 2.23 bits per heavy atom. The minimum absolute atomic E-state index is 0.199. The molecule has 0 aliphatic carbocycles. The first-order chi connectivity index (χ1) is 19.1. The van der Waals surface area contributed by atoms with Gasteiger partial charge in [0.1, 0.15) is 17.3 Å². The molecule has 0 radical (unpaired) electrons. The van der Waals surface area contributed by atoms with Crippen LogP contribution in [0.5, 0.6) is 0 Å². The van der Waals surface area contributed by atoms with Crippen LogP contribution in [0.2, 0.25) is 0 Å². The fraction of sp³-hybridized carbons (Fsp3) is 0.143. The molecule has 0 aliphatic rings. The van der Waals surface area contributed by atoms with Crippen LogP contribution < -0.4 is 10.6 Å². The number of anilines is 2. The molecular formula is C28H20F6N6. The van der Waals surface area contributed by atoms with Crippen molar-refractivity contribution >= 4 is 22.4 Å². The molecule has 3 heterocycles. The Balaban J connectivity index is 1.52. The van der Waals surface area contributed by atoms with E-state index in [1.54, 1.807) is 6.07 Å². The van der Waals surface area contributed by atoms with Gasteiger partial charge in [-0.1, -0.05) is 36.4 Å². The molecule has 3 aromatic heterocycles. The molecule has 0 aliphatic heterocycles. The van der Waals surface area contributed by atoms with Crippen molar-refractivity contribution in [3.63, 3.8) is 0 Å². The molecule has 204 valence electrons. The maximum absolute atomic E-state index is 13.6. The third-order valence-electron chi connectivity index (χ3n) is 5.90. The molecule has 0 atom stereocenters. The van der Waals surface area contributed by atoms with E-state index in [4.69, 9.17) is 0 Å². The first-order valence-corrected chi connectivity index (χ1v) is 12.0. The van der Waals surface area contributed by atoms with Gasteiger partial charge in [-0.15, -0.1) is 0 Å². The number of benzene rings is 2. The molecular weight excluding hydrogens is 534 g/mol. The highest BCUT2D eigenvalue weighted by Crippen LogP contribution is 2.37. The van der Waals surface area contributed by atoms with Gasteiger partial charge in [0.25, 0.3) is 0 Å². The summed E-state index contributed by atoms with van der Waals surface area (Å²) in [6.45, 7) is 0.725. The Morgan fingerprint density at radius 2 is 1.52 bits per heavy atom. The maximum Gasteiger partial charge on any atom is 0.433 e. The van der Waals surface area contributed by atoms with Gasteiger partial charge < -0.3 is 10.6 Å². The number of hydrogen-bond acceptors (Lipinski definition) is 6. The fourth-order valence-electron chi connectivity index (χ4n) is 4.05. The Bertz CT molecular complexity index is 1620. The molecule has 40 heavy (non-hydrogen) atoms. The van der Waals surface area contributed by atoms with Crippen LogP contribution in [-0.2, 0) is 25.4 Å². The Morgan fingerprint density at radius 1 is 0.725 bits per heavy atom. The number of nitrogens with one attached hydrogen (secondary N) is 2. The van der Waals surface area contributed by atoms with Crippen molar-refractivity contribution in [3.8, 4) is 11.3 Å². The van der Waals surface area contributed by atoms with E-state index in [-0.39, 0.29) is 29.3 Å². The van der Waals surface area contributed by atoms with Crippen molar-refractivity contribution in [2.75, 3.05) is 5.32 Å². The number of nitrogens with zero attached hydrogens (tertiary/aromatic N) is 4. The minimum Gasteiger partial charge on any atom is -0.338 e. The van der Waals surface area contributed by atoms with Gasteiger partial charge in [-0.05, 0) is 42.0 Å². The van der Waals surface area contributed by atoms with E-state index < -0.39 is 23.6 Å². The van der Waals surface area contributed by atoms with Crippen LogP contribution in [0.1, 0.15) is 22.6 Å². The molecule has 6 nitrogen and oxygen atoms in total. The topological polar surface area (TPSA) is 75.6 Å². The van der Waals surface area contributed by atoms with Crippen molar-refractivity contribution < 1.29 is 26.3 Å². The SMILES string of the molecule is FC(F)(F)c1ccc(Nc2nc(CNCc3ccccc3)nc3cc(-c4ncccc4C(F)(F)F)ccc23)cn1. The lowest BCUT2D eigenvalue weighted by atomic mass is 10.0. The summed E-state index contributed by atoms with van der Waals surface area (Å²) in [6, 6.07) is 18.3. The normalized spacial score (nSPS) is 12.1. The van der Waals surface area contributed by atoms with Crippen LogP contribution in [0.3, 0.4) is 0 Å². The number of alkyl halides is 6. The van der Waals surface area contributed by atoms with Crippen molar-refractivity contribution in [2.45, 2.75) is 25.4 Å². The third kappa shape index (κ3) is 6.18. The quantitative estimate of drug-likeness (QED) is 0.208. The van der Waals surface area contributed by atoms with Gasteiger partial charge in [0, 0.05) is 23.7 Å². The zero-order valence-electron chi connectivity index (χ0n) is 20.6. The summed E-state index contributed by atoms with van der Waals surface area (Å²) in [7, 11) is 0. The van der Waals surface area contributed by atoms with Gasteiger partial charge in [0.05, 0.1) is 35.2 Å².